The average molecular weight is 396 g/mol. The Hall–Kier alpha value is -1.66. The molecule has 4 rings (SSSR count). The molecule has 1 N–H and O–H groups in total. The molecule has 148 valence electrons. The molecule has 5 nitrogen and oxygen atoms in total. The second-order valence-electron chi connectivity index (χ2n) is 7.94. The second-order valence-corrected chi connectivity index (χ2v) is 7.94. The van der Waals surface area contributed by atoms with Crippen LogP contribution in [0.15, 0.2) is 24.3 Å². The molecule has 0 aromatic heterocycles. The van der Waals surface area contributed by atoms with Crippen molar-refractivity contribution in [1.29, 1.82) is 0 Å². The molecule has 27 heavy (non-hydrogen) atoms. The van der Waals surface area contributed by atoms with Gasteiger partial charge in [-0.2, -0.15) is 0 Å². The number of amides is 2. The maximum absolute atomic E-state index is 13.3. The highest BCUT2D eigenvalue weighted by Gasteiger charge is 2.35. The molecule has 0 saturated carbocycles. The van der Waals surface area contributed by atoms with E-state index in [9.17, 15) is 14.0 Å². The van der Waals surface area contributed by atoms with E-state index in [-0.39, 0.29) is 36.6 Å². The van der Waals surface area contributed by atoms with Crippen LogP contribution in [0.5, 0.6) is 0 Å². The van der Waals surface area contributed by atoms with Crippen LogP contribution in [0.3, 0.4) is 0 Å². The van der Waals surface area contributed by atoms with Crippen LogP contribution in [-0.2, 0) is 16.1 Å². The Labute approximate surface area is 165 Å². The molecule has 0 spiro atoms. The highest BCUT2D eigenvalue weighted by Crippen LogP contribution is 2.33. The molecule has 0 radical (unpaired) electrons. The molecular formula is C20H27ClFN3O2. The molecule has 2 unspecified atom stereocenters. The van der Waals surface area contributed by atoms with Gasteiger partial charge in [0.05, 0.1) is 6.54 Å². The average Bonchev–Trinajstić information content (AvgIpc) is 2.95. The second kappa shape index (κ2) is 8.57. The monoisotopic (exact) mass is 395 g/mol. The van der Waals surface area contributed by atoms with Crippen molar-refractivity contribution in [3.05, 3.63) is 35.6 Å². The third-order valence-corrected chi connectivity index (χ3v) is 5.97. The summed E-state index contributed by atoms with van der Waals surface area (Å²) in [5.41, 5.74) is 0.781. The van der Waals surface area contributed by atoms with Gasteiger partial charge in [0.15, 0.2) is 0 Å². The lowest BCUT2D eigenvalue weighted by atomic mass is 9.89. The van der Waals surface area contributed by atoms with Crippen molar-refractivity contribution in [3.8, 4) is 0 Å². The number of carbonyl (C=O) groups is 2. The lowest BCUT2D eigenvalue weighted by Gasteiger charge is -2.36. The SMILES string of the molecule is Cl.O=C(CC1CC2CCC(C1)N2)N1CCN(Cc2cccc(F)c2)C(=O)C1. The lowest BCUT2D eigenvalue weighted by molar-refractivity contribution is -0.146. The van der Waals surface area contributed by atoms with Crippen LogP contribution in [-0.4, -0.2) is 53.3 Å². The van der Waals surface area contributed by atoms with Gasteiger partial charge in [0.1, 0.15) is 5.82 Å². The van der Waals surface area contributed by atoms with E-state index in [1.165, 1.54) is 25.0 Å². The summed E-state index contributed by atoms with van der Waals surface area (Å²) < 4.78 is 13.3. The smallest absolute Gasteiger partial charge is 0.242 e. The van der Waals surface area contributed by atoms with E-state index in [0.717, 1.165) is 18.4 Å². The van der Waals surface area contributed by atoms with Gasteiger partial charge in [0, 0.05) is 38.1 Å². The summed E-state index contributed by atoms with van der Waals surface area (Å²) in [5, 5.41) is 3.60. The van der Waals surface area contributed by atoms with Gasteiger partial charge in [-0.3, -0.25) is 9.59 Å². The quantitative estimate of drug-likeness (QED) is 0.851. The Morgan fingerprint density at radius 3 is 2.59 bits per heavy atom. The topological polar surface area (TPSA) is 52.7 Å². The van der Waals surface area contributed by atoms with Crippen LogP contribution < -0.4 is 5.32 Å². The van der Waals surface area contributed by atoms with Gasteiger partial charge in [-0.05, 0) is 49.3 Å². The Morgan fingerprint density at radius 1 is 1.19 bits per heavy atom. The van der Waals surface area contributed by atoms with Crippen molar-refractivity contribution < 1.29 is 14.0 Å². The summed E-state index contributed by atoms with van der Waals surface area (Å²) in [6, 6.07) is 7.48. The number of hydrogen-bond acceptors (Lipinski definition) is 3. The van der Waals surface area contributed by atoms with Crippen molar-refractivity contribution in [1.82, 2.24) is 15.1 Å². The number of halogens is 2. The van der Waals surface area contributed by atoms with Crippen LogP contribution in [0, 0.1) is 11.7 Å². The predicted molar refractivity (Wildman–Crippen MR) is 103 cm³/mol. The van der Waals surface area contributed by atoms with Crippen LogP contribution in [0.1, 0.15) is 37.7 Å². The van der Waals surface area contributed by atoms with Gasteiger partial charge in [0.2, 0.25) is 11.8 Å². The van der Waals surface area contributed by atoms with Gasteiger partial charge in [0.25, 0.3) is 0 Å². The summed E-state index contributed by atoms with van der Waals surface area (Å²) >= 11 is 0. The van der Waals surface area contributed by atoms with E-state index < -0.39 is 0 Å². The number of nitrogens with one attached hydrogen (secondary N) is 1. The predicted octanol–water partition coefficient (Wildman–Crippen LogP) is 2.34. The van der Waals surface area contributed by atoms with Crippen LogP contribution >= 0.6 is 12.4 Å². The van der Waals surface area contributed by atoms with E-state index in [2.05, 4.69) is 5.32 Å². The first-order valence-corrected chi connectivity index (χ1v) is 9.63. The minimum atomic E-state index is -0.292. The van der Waals surface area contributed by atoms with Crippen molar-refractivity contribution in [3.63, 3.8) is 0 Å². The maximum Gasteiger partial charge on any atom is 0.242 e. The minimum absolute atomic E-state index is 0. The molecule has 3 fully saturated rings. The zero-order chi connectivity index (χ0) is 18.1. The fourth-order valence-corrected chi connectivity index (χ4v) is 4.66. The third kappa shape index (κ3) is 4.79. The van der Waals surface area contributed by atoms with E-state index in [1.54, 1.807) is 15.9 Å². The van der Waals surface area contributed by atoms with Gasteiger partial charge < -0.3 is 15.1 Å². The van der Waals surface area contributed by atoms with Gasteiger partial charge in [-0.25, -0.2) is 4.39 Å². The number of nitrogens with zero attached hydrogens (tertiary/aromatic N) is 2. The molecule has 3 aliphatic rings. The summed E-state index contributed by atoms with van der Waals surface area (Å²) in [4.78, 5) is 28.5. The van der Waals surface area contributed by atoms with Gasteiger partial charge in [-0.15, -0.1) is 12.4 Å². The maximum atomic E-state index is 13.3. The van der Waals surface area contributed by atoms with Gasteiger partial charge in [-0.1, -0.05) is 12.1 Å². The molecule has 2 atom stereocenters. The zero-order valence-corrected chi connectivity index (χ0v) is 16.2. The highest BCUT2D eigenvalue weighted by molar-refractivity contribution is 5.86. The van der Waals surface area contributed by atoms with E-state index in [1.807, 2.05) is 6.07 Å². The van der Waals surface area contributed by atoms with E-state index in [0.29, 0.717) is 44.1 Å². The van der Waals surface area contributed by atoms with Crippen LogP contribution in [0.4, 0.5) is 4.39 Å². The number of piperidine rings is 1. The summed E-state index contributed by atoms with van der Waals surface area (Å²) in [7, 11) is 0. The standard InChI is InChI=1S/C20H26FN3O2.ClH/c21-16-3-1-2-14(8-16)12-23-6-7-24(13-20(23)26)19(25)11-15-9-17-4-5-18(10-15)22-17;/h1-3,8,15,17-18,22H,4-7,9-13H2;1H. The Bertz CT molecular complexity index is 690. The normalized spacial score (nSPS) is 27.4. The molecule has 3 heterocycles. The Kier molecular flexibility index (Phi) is 6.37. The van der Waals surface area contributed by atoms with Crippen molar-refractivity contribution in [2.24, 2.45) is 5.92 Å². The summed E-state index contributed by atoms with van der Waals surface area (Å²) in [6.07, 6.45) is 5.18. The zero-order valence-electron chi connectivity index (χ0n) is 15.4. The van der Waals surface area contributed by atoms with E-state index >= 15 is 0 Å². The molecule has 1 aromatic rings. The number of carbonyl (C=O) groups excluding carboxylic acids is 2. The van der Waals surface area contributed by atoms with Crippen LogP contribution in [0.25, 0.3) is 0 Å². The van der Waals surface area contributed by atoms with Gasteiger partial charge >= 0.3 is 0 Å². The number of piperazine rings is 1. The fraction of sp³-hybridized carbons (Fsp3) is 0.600. The molecule has 3 aliphatic heterocycles. The van der Waals surface area contributed by atoms with Crippen molar-refractivity contribution in [2.45, 2.75) is 50.7 Å². The Balaban J connectivity index is 0.00000210. The van der Waals surface area contributed by atoms with Crippen LogP contribution in [0.2, 0.25) is 0 Å². The lowest BCUT2D eigenvalue weighted by Crippen LogP contribution is -2.52. The highest BCUT2D eigenvalue weighted by atomic mass is 35.5. The molecule has 2 amide bonds. The molecule has 2 bridgehead atoms. The number of fused-ring (bicyclic) bond motifs is 2. The molecule has 0 aliphatic carbocycles. The Morgan fingerprint density at radius 2 is 1.93 bits per heavy atom. The fourth-order valence-electron chi connectivity index (χ4n) is 4.66. The largest absolute Gasteiger partial charge is 0.335 e. The minimum Gasteiger partial charge on any atom is -0.335 e. The first-order valence-electron chi connectivity index (χ1n) is 9.63. The van der Waals surface area contributed by atoms with E-state index in [4.69, 9.17) is 0 Å². The molecular weight excluding hydrogens is 369 g/mol. The first-order chi connectivity index (χ1) is 12.6. The summed E-state index contributed by atoms with van der Waals surface area (Å²) in [6.45, 7) is 1.62. The molecule has 1 aromatic carbocycles. The number of benzene rings is 1. The molecule has 7 heteroatoms. The third-order valence-electron chi connectivity index (χ3n) is 5.97. The first kappa shape index (κ1) is 20.1. The number of hydrogen-bond donors (Lipinski definition) is 1. The van der Waals surface area contributed by atoms with Crippen molar-refractivity contribution >= 4 is 24.2 Å². The summed E-state index contributed by atoms with van der Waals surface area (Å²) in [5.74, 6) is 0.204. The van der Waals surface area contributed by atoms with Crippen molar-refractivity contribution in [2.75, 3.05) is 19.6 Å². The number of rotatable bonds is 4. The molecule has 3 saturated heterocycles.